The van der Waals surface area contributed by atoms with Crippen molar-refractivity contribution >= 4 is 0 Å². The molecule has 1 heterocycles. The normalized spacial score (nSPS) is 21.6. The average molecular weight is 389 g/mol. The van der Waals surface area contributed by atoms with Crippen LogP contribution in [0.25, 0.3) is 0 Å². The monoisotopic (exact) mass is 388 g/mol. The topological polar surface area (TPSA) is 54.4 Å². The Labute approximate surface area is 172 Å². The third kappa shape index (κ3) is 5.22. The molecule has 3 aromatic rings. The summed E-state index contributed by atoms with van der Waals surface area (Å²) in [5.41, 5.74) is 2.31. The first-order chi connectivity index (χ1) is 14.2. The molecular formula is C25H28N2O2. The van der Waals surface area contributed by atoms with E-state index < -0.39 is 5.60 Å². The van der Waals surface area contributed by atoms with Gasteiger partial charge in [0.05, 0.1) is 11.9 Å². The van der Waals surface area contributed by atoms with E-state index in [1.165, 1.54) is 5.56 Å². The maximum atomic E-state index is 11.1. The number of hydrogen-bond donors (Lipinski definition) is 2. The molecule has 0 radical (unpaired) electrons. The van der Waals surface area contributed by atoms with Crippen molar-refractivity contribution in [1.29, 1.82) is 0 Å². The van der Waals surface area contributed by atoms with Crippen molar-refractivity contribution in [3.63, 3.8) is 0 Å². The van der Waals surface area contributed by atoms with E-state index in [9.17, 15) is 5.11 Å². The van der Waals surface area contributed by atoms with Gasteiger partial charge in [0.25, 0.3) is 0 Å². The molecule has 1 saturated carbocycles. The Morgan fingerprint density at radius 3 is 2.17 bits per heavy atom. The fraction of sp³-hybridized carbons (Fsp3) is 0.320. The van der Waals surface area contributed by atoms with Gasteiger partial charge in [-0.2, -0.15) is 0 Å². The largest absolute Gasteiger partial charge is 0.487 e. The average Bonchev–Trinajstić information content (AvgIpc) is 2.79. The fourth-order valence-corrected chi connectivity index (χ4v) is 3.90. The van der Waals surface area contributed by atoms with E-state index in [-0.39, 0.29) is 0 Å². The Kier molecular flexibility index (Phi) is 6.23. The lowest BCUT2D eigenvalue weighted by atomic mass is 9.80. The zero-order valence-electron chi connectivity index (χ0n) is 16.6. The molecule has 1 aromatic heterocycles. The van der Waals surface area contributed by atoms with E-state index in [0.717, 1.165) is 49.2 Å². The Morgan fingerprint density at radius 1 is 0.897 bits per heavy atom. The number of nitrogens with zero attached hydrogens (tertiary/aromatic N) is 1. The maximum absolute atomic E-state index is 11.1. The molecule has 0 atom stereocenters. The smallest absolute Gasteiger partial charge is 0.138 e. The summed E-state index contributed by atoms with van der Waals surface area (Å²) in [6.07, 6.45) is 5.04. The Morgan fingerprint density at radius 2 is 1.55 bits per heavy atom. The van der Waals surface area contributed by atoms with Gasteiger partial charge in [-0.3, -0.25) is 4.98 Å². The highest BCUT2D eigenvalue weighted by Crippen LogP contribution is 2.36. The van der Waals surface area contributed by atoms with Crippen molar-refractivity contribution in [2.45, 2.75) is 50.5 Å². The van der Waals surface area contributed by atoms with Crippen LogP contribution in [0.5, 0.6) is 5.75 Å². The minimum absolute atomic E-state index is 0.434. The summed E-state index contributed by atoms with van der Waals surface area (Å²) in [5.74, 6) is 0.722. The van der Waals surface area contributed by atoms with Crippen LogP contribution >= 0.6 is 0 Å². The van der Waals surface area contributed by atoms with E-state index >= 15 is 0 Å². The molecule has 29 heavy (non-hydrogen) atoms. The molecule has 2 N–H and O–H groups in total. The van der Waals surface area contributed by atoms with Crippen molar-refractivity contribution in [3.8, 4) is 5.75 Å². The van der Waals surface area contributed by atoms with Crippen LogP contribution in [-0.2, 0) is 18.8 Å². The fourth-order valence-electron chi connectivity index (χ4n) is 3.90. The van der Waals surface area contributed by atoms with Gasteiger partial charge in [0.1, 0.15) is 18.0 Å². The number of nitrogens with one attached hydrogen (secondary N) is 1. The summed E-state index contributed by atoms with van der Waals surface area (Å²) >= 11 is 0. The predicted octanol–water partition coefficient (Wildman–Crippen LogP) is 4.58. The minimum Gasteiger partial charge on any atom is -0.487 e. The maximum Gasteiger partial charge on any atom is 0.138 e. The summed E-state index contributed by atoms with van der Waals surface area (Å²) in [4.78, 5) is 4.51. The van der Waals surface area contributed by atoms with Crippen LogP contribution < -0.4 is 10.1 Å². The van der Waals surface area contributed by atoms with Gasteiger partial charge in [0, 0.05) is 12.6 Å². The number of ether oxygens (including phenoxy) is 1. The molecule has 0 spiro atoms. The number of aromatic nitrogens is 1. The molecule has 2 aromatic carbocycles. The van der Waals surface area contributed by atoms with E-state index in [0.29, 0.717) is 12.6 Å². The van der Waals surface area contributed by atoms with Crippen LogP contribution in [0.2, 0.25) is 0 Å². The molecule has 150 valence electrons. The lowest BCUT2D eigenvalue weighted by molar-refractivity contribution is -0.0124. The van der Waals surface area contributed by atoms with Gasteiger partial charge < -0.3 is 15.2 Å². The van der Waals surface area contributed by atoms with E-state index in [1.54, 1.807) is 6.20 Å². The minimum atomic E-state index is -0.844. The van der Waals surface area contributed by atoms with Crippen LogP contribution in [-0.4, -0.2) is 16.1 Å². The van der Waals surface area contributed by atoms with Gasteiger partial charge in [-0.1, -0.05) is 60.7 Å². The van der Waals surface area contributed by atoms with E-state index in [1.807, 2.05) is 48.5 Å². The second-order valence-corrected chi connectivity index (χ2v) is 7.83. The molecule has 0 aliphatic heterocycles. The first-order valence-corrected chi connectivity index (χ1v) is 10.3. The van der Waals surface area contributed by atoms with Gasteiger partial charge in [0.2, 0.25) is 0 Å². The van der Waals surface area contributed by atoms with Gasteiger partial charge >= 0.3 is 0 Å². The Balaban J connectivity index is 1.28. The standard InChI is InChI=1S/C25H28N2O2/c28-25(15-13-22(14-16-25)26-17-20-7-3-1-4-8-20)24-12-11-23(18-27-24)29-19-21-9-5-2-6-10-21/h1-12,18,22,26,28H,13-17,19H2/t22-,25+. The van der Waals surface area contributed by atoms with Crippen LogP contribution in [0.3, 0.4) is 0 Å². The number of pyridine rings is 1. The lowest BCUT2D eigenvalue weighted by Crippen LogP contribution is -2.40. The SMILES string of the molecule is O[C@]1(c2ccc(OCc3ccccc3)cn2)CC[C@H](NCc2ccccc2)CC1. The molecule has 0 saturated heterocycles. The first-order valence-electron chi connectivity index (χ1n) is 10.3. The third-order valence-corrected chi connectivity index (χ3v) is 5.71. The third-order valence-electron chi connectivity index (χ3n) is 5.71. The molecule has 1 fully saturated rings. The summed E-state index contributed by atoms with van der Waals surface area (Å²) in [6, 6.07) is 24.7. The molecular weight excluding hydrogens is 360 g/mol. The van der Waals surface area contributed by atoms with Crippen molar-refractivity contribution in [2.24, 2.45) is 0 Å². The number of hydrogen-bond acceptors (Lipinski definition) is 4. The predicted molar refractivity (Wildman–Crippen MR) is 114 cm³/mol. The summed E-state index contributed by atoms with van der Waals surface area (Å²) in [6.45, 7) is 1.39. The molecule has 0 amide bonds. The second-order valence-electron chi connectivity index (χ2n) is 7.83. The van der Waals surface area contributed by atoms with Crippen LogP contribution in [0, 0.1) is 0 Å². The quantitative estimate of drug-likeness (QED) is 0.622. The summed E-state index contributed by atoms with van der Waals surface area (Å²) in [5, 5.41) is 14.7. The van der Waals surface area contributed by atoms with Gasteiger partial charge in [-0.15, -0.1) is 0 Å². The number of benzene rings is 2. The molecule has 4 nitrogen and oxygen atoms in total. The van der Waals surface area contributed by atoms with Crippen molar-refractivity contribution in [2.75, 3.05) is 0 Å². The highest BCUT2D eigenvalue weighted by atomic mass is 16.5. The highest BCUT2D eigenvalue weighted by Gasteiger charge is 2.35. The summed E-state index contributed by atoms with van der Waals surface area (Å²) < 4.78 is 5.80. The highest BCUT2D eigenvalue weighted by molar-refractivity contribution is 5.24. The van der Waals surface area contributed by atoms with Crippen LogP contribution in [0.1, 0.15) is 42.5 Å². The molecule has 0 bridgehead atoms. The number of rotatable bonds is 7. The van der Waals surface area contributed by atoms with Crippen LogP contribution in [0.4, 0.5) is 0 Å². The Bertz CT molecular complexity index is 874. The van der Waals surface area contributed by atoms with Gasteiger partial charge in [-0.25, -0.2) is 0 Å². The molecule has 1 aliphatic carbocycles. The van der Waals surface area contributed by atoms with E-state index in [4.69, 9.17) is 4.74 Å². The van der Waals surface area contributed by atoms with Gasteiger partial charge in [0.15, 0.2) is 0 Å². The van der Waals surface area contributed by atoms with Crippen molar-refractivity contribution in [3.05, 3.63) is 95.8 Å². The Hall–Kier alpha value is -2.69. The molecule has 0 unspecified atom stereocenters. The summed E-state index contributed by atoms with van der Waals surface area (Å²) in [7, 11) is 0. The second kappa shape index (κ2) is 9.21. The zero-order chi connectivity index (χ0) is 19.9. The zero-order valence-corrected chi connectivity index (χ0v) is 16.6. The lowest BCUT2D eigenvalue weighted by Gasteiger charge is -2.36. The van der Waals surface area contributed by atoms with Gasteiger partial charge in [-0.05, 0) is 48.9 Å². The van der Waals surface area contributed by atoms with Crippen LogP contribution in [0.15, 0.2) is 79.0 Å². The number of aliphatic hydroxyl groups is 1. The van der Waals surface area contributed by atoms with E-state index in [2.05, 4.69) is 34.6 Å². The molecule has 1 aliphatic rings. The molecule has 4 rings (SSSR count). The first kappa shape index (κ1) is 19.6. The van der Waals surface area contributed by atoms with Crippen molar-refractivity contribution < 1.29 is 9.84 Å². The van der Waals surface area contributed by atoms with Crippen molar-refractivity contribution in [1.82, 2.24) is 10.3 Å². The molecule has 4 heteroatoms.